The van der Waals surface area contributed by atoms with Crippen molar-refractivity contribution in [3.05, 3.63) is 30.6 Å². The van der Waals surface area contributed by atoms with Crippen molar-refractivity contribution in [1.29, 1.82) is 0 Å². The molecule has 0 N–H and O–H groups in total. The Morgan fingerprint density at radius 1 is 1.07 bits per heavy atom. The minimum Gasteiger partial charge on any atom is -0.444 e. The lowest BCUT2D eigenvalue weighted by molar-refractivity contribution is 0.0185. The van der Waals surface area contributed by atoms with Crippen molar-refractivity contribution in [2.75, 3.05) is 13.1 Å². The maximum atomic E-state index is 12.1. The van der Waals surface area contributed by atoms with E-state index in [0.717, 1.165) is 29.8 Å². The molecule has 148 valence electrons. The molecular weight excluding hydrogens is 342 g/mol. The van der Waals surface area contributed by atoms with E-state index >= 15 is 0 Å². The molecule has 1 saturated heterocycles. The highest BCUT2D eigenvalue weighted by molar-refractivity contribution is 5.68. The topological polar surface area (TPSA) is 73.1 Å². The molecule has 3 rings (SSSR count). The van der Waals surface area contributed by atoms with E-state index in [2.05, 4.69) is 15.1 Å². The number of hydrogen-bond acceptors (Lipinski definition) is 5. The molecule has 0 saturated carbocycles. The van der Waals surface area contributed by atoms with Gasteiger partial charge in [-0.1, -0.05) is 13.8 Å². The Balaban J connectivity index is 0.00000126. The molecule has 0 atom stereocenters. The maximum absolute atomic E-state index is 12.1. The number of carbonyl (C=O) groups excluding carboxylic acids is 1. The summed E-state index contributed by atoms with van der Waals surface area (Å²) in [6.45, 7) is 12.9. The Hall–Kier alpha value is -2.44. The van der Waals surface area contributed by atoms with Crippen molar-refractivity contribution >= 4 is 6.09 Å². The zero-order valence-corrected chi connectivity index (χ0v) is 17.3. The van der Waals surface area contributed by atoms with Gasteiger partial charge in [-0.05, 0) is 40.5 Å². The molecule has 0 unspecified atom stereocenters. The summed E-state index contributed by atoms with van der Waals surface area (Å²) in [5, 5.41) is 4.49. The molecule has 0 spiro atoms. The Morgan fingerprint density at radius 2 is 1.67 bits per heavy atom. The fourth-order valence-corrected chi connectivity index (χ4v) is 2.87. The summed E-state index contributed by atoms with van der Waals surface area (Å²) in [5.74, 6) is 0.755. The third kappa shape index (κ3) is 5.77. The number of likely N-dealkylation sites (tertiary alicyclic amines) is 1. The van der Waals surface area contributed by atoms with Crippen molar-refractivity contribution in [1.82, 2.24) is 24.6 Å². The maximum Gasteiger partial charge on any atom is 0.410 e. The summed E-state index contributed by atoms with van der Waals surface area (Å²) in [5.41, 5.74) is 1.51. The number of amides is 1. The summed E-state index contributed by atoms with van der Waals surface area (Å²) in [6.07, 6.45) is 9.00. The van der Waals surface area contributed by atoms with Crippen molar-refractivity contribution in [2.45, 2.75) is 66.0 Å². The summed E-state index contributed by atoms with van der Waals surface area (Å²) < 4.78 is 7.43. The van der Waals surface area contributed by atoms with Crippen LogP contribution in [-0.2, 0) is 4.74 Å². The second kappa shape index (κ2) is 8.97. The average Bonchev–Trinajstić information content (AvgIpc) is 3.13. The van der Waals surface area contributed by atoms with Crippen LogP contribution in [-0.4, -0.2) is 49.4 Å². The minimum absolute atomic E-state index is 0.232. The molecule has 1 aliphatic heterocycles. The monoisotopic (exact) mass is 373 g/mol. The first kappa shape index (κ1) is 20.9. The molecule has 1 fully saturated rings. The van der Waals surface area contributed by atoms with E-state index < -0.39 is 5.60 Å². The average molecular weight is 374 g/mol. The zero-order valence-electron chi connectivity index (χ0n) is 17.3. The molecule has 7 heteroatoms. The van der Waals surface area contributed by atoms with Crippen LogP contribution in [0.2, 0.25) is 0 Å². The highest BCUT2D eigenvalue weighted by Gasteiger charge is 2.27. The Morgan fingerprint density at radius 3 is 2.22 bits per heavy atom. The number of rotatable bonds is 2. The van der Waals surface area contributed by atoms with Crippen LogP contribution >= 0.6 is 0 Å². The van der Waals surface area contributed by atoms with E-state index in [4.69, 9.17) is 4.74 Å². The van der Waals surface area contributed by atoms with Gasteiger partial charge < -0.3 is 9.64 Å². The van der Waals surface area contributed by atoms with Crippen LogP contribution in [0.3, 0.4) is 0 Å². The fraction of sp³-hybridized carbons (Fsp3) is 0.600. The molecule has 1 amide bonds. The molecule has 0 radical (unpaired) electrons. The lowest BCUT2D eigenvalue weighted by Crippen LogP contribution is -2.42. The first-order chi connectivity index (χ1) is 12.8. The van der Waals surface area contributed by atoms with Gasteiger partial charge in [0.1, 0.15) is 11.4 Å². The van der Waals surface area contributed by atoms with E-state index in [-0.39, 0.29) is 6.09 Å². The van der Waals surface area contributed by atoms with E-state index in [1.165, 1.54) is 0 Å². The standard InChI is InChI=1S/C18H25N5O2.C2H6/c1-13-19-9-14(10-20-13)15-11-21-23(12-15)16-5-7-22(8-6-16)17(24)25-18(2,3)4;1-2/h9-12,16H,5-8H2,1-4H3;1-2H3. The van der Waals surface area contributed by atoms with Gasteiger partial charge in [0, 0.05) is 42.8 Å². The molecule has 0 aromatic carbocycles. The number of carbonyl (C=O) groups is 1. The fourth-order valence-electron chi connectivity index (χ4n) is 2.87. The SMILES string of the molecule is CC.Cc1ncc(-c2cnn(C3CCN(C(=O)OC(C)(C)C)CC3)c2)cn1. The van der Waals surface area contributed by atoms with E-state index in [0.29, 0.717) is 19.1 Å². The summed E-state index contributed by atoms with van der Waals surface area (Å²) in [6, 6.07) is 0.291. The number of piperidine rings is 1. The zero-order chi connectivity index (χ0) is 20.0. The molecule has 0 bridgehead atoms. The van der Waals surface area contributed by atoms with E-state index in [1.54, 1.807) is 4.90 Å². The van der Waals surface area contributed by atoms with Crippen LogP contribution in [0.4, 0.5) is 4.79 Å². The number of aromatic nitrogens is 4. The van der Waals surface area contributed by atoms with Gasteiger partial charge in [-0.3, -0.25) is 4.68 Å². The first-order valence-corrected chi connectivity index (χ1v) is 9.63. The van der Waals surface area contributed by atoms with Gasteiger partial charge in [-0.2, -0.15) is 5.10 Å². The van der Waals surface area contributed by atoms with Gasteiger partial charge in [0.25, 0.3) is 0 Å². The van der Waals surface area contributed by atoms with Gasteiger partial charge in [0.2, 0.25) is 0 Å². The lowest BCUT2D eigenvalue weighted by atomic mass is 10.1. The van der Waals surface area contributed by atoms with Crippen LogP contribution < -0.4 is 0 Å². The number of hydrogen-bond donors (Lipinski definition) is 0. The second-order valence-electron chi connectivity index (χ2n) is 7.43. The predicted octanol–water partition coefficient (Wildman–Crippen LogP) is 4.25. The van der Waals surface area contributed by atoms with Gasteiger partial charge in [-0.15, -0.1) is 0 Å². The molecule has 0 aliphatic carbocycles. The van der Waals surface area contributed by atoms with Crippen molar-refractivity contribution in [3.8, 4) is 11.1 Å². The highest BCUT2D eigenvalue weighted by Crippen LogP contribution is 2.25. The Bertz CT molecular complexity index is 726. The Kier molecular flexibility index (Phi) is 6.93. The van der Waals surface area contributed by atoms with E-state index in [9.17, 15) is 4.79 Å². The smallest absolute Gasteiger partial charge is 0.410 e. The predicted molar refractivity (Wildman–Crippen MR) is 105 cm³/mol. The Labute approximate surface area is 161 Å². The minimum atomic E-state index is -0.457. The molecule has 3 heterocycles. The molecule has 27 heavy (non-hydrogen) atoms. The largest absolute Gasteiger partial charge is 0.444 e. The summed E-state index contributed by atoms with van der Waals surface area (Å²) in [4.78, 5) is 22.4. The van der Waals surface area contributed by atoms with Gasteiger partial charge in [-0.25, -0.2) is 14.8 Å². The molecule has 2 aromatic heterocycles. The number of aryl methyl sites for hydroxylation is 1. The molecule has 7 nitrogen and oxygen atoms in total. The first-order valence-electron chi connectivity index (χ1n) is 9.63. The summed E-state index contributed by atoms with van der Waals surface area (Å²) in [7, 11) is 0. The van der Waals surface area contributed by atoms with Crippen LogP contribution in [0.25, 0.3) is 11.1 Å². The van der Waals surface area contributed by atoms with Crippen LogP contribution in [0, 0.1) is 6.92 Å². The normalized spacial score (nSPS) is 15.1. The van der Waals surface area contributed by atoms with Crippen molar-refractivity contribution < 1.29 is 9.53 Å². The van der Waals surface area contributed by atoms with Crippen LogP contribution in [0.5, 0.6) is 0 Å². The van der Waals surface area contributed by atoms with Gasteiger partial charge >= 0.3 is 6.09 Å². The number of ether oxygens (including phenoxy) is 1. The quantitative estimate of drug-likeness (QED) is 0.787. The molecule has 2 aromatic rings. The molecule has 1 aliphatic rings. The van der Waals surface area contributed by atoms with Crippen LogP contribution in [0.1, 0.15) is 59.3 Å². The third-order valence-electron chi connectivity index (χ3n) is 4.21. The van der Waals surface area contributed by atoms with Crippen molar-refractivity contribution in [3.63, 3.8) is 0 Å². The van der Waals surface area contributed by atoms with E-state index in [1.807, 2.05) is 71.0 Å². The lowest BCUT2D eigenvalue weighted by Gasteiger charge is -2.33. The third-order valence-corrected chi connectivity index (χ3v) is 4.21. The molecular formula is C20H31N5O2. The van der Waals surface area contributed by atoms with Crippen LogP contribution in [0.15, 0.2) is 24.8 Å². The van der Waals surface area contributed by atoms with Gasteiger partial charge in [0.15, 0.2) is 0 Å². The van der Waals surface area contributed by atoms with Crippen molar-refractivity contribution in [2.24, 2.45) is 0 Å². The van der Waals surface area contributed by atoms with Gasteiger partial charge in [0.05, 0.1) is 12.2 Å². The highest BCUT2D eigenvalue weighted by atomic mass is 16.6. The second-order valence-corrected chi connectivity index (χ2v) is 7.43. The summed E-state index contributed by atoms with van der Waals surface area (Å²) >= 11 is 0. The number of nitrogens with zero attached hydrogens (tertiary/aromatic N) is 5.